The Morgan fingerprint density at radius 1 is 0.946 bits per heavy atom. The van der Waals surface area contributed by atoms with Gasteiger partial charge in [-0.25, -0.2) is 9.67 Å². The van der Waals surface area contributed by atoms with Crippen molar-refractivity contribution in [3.63, 3.8) is 0 Å². The van der Waals surface area contributed by atoms with Crippen LogP contribution in [0.3, 0.4) is 0 Å². The van der Waals surface area contributed by atoms with E-state index in [1.807, 2.05) is 59.7 Å². The largest absolute Gasteiger partial charge is 0.507 e. The van der Waals surface area contributed by atoms with Gasteiger partial charge in [-0.1, -0.05) is 71.9 Å². The van der Waals surface area contributed by atoms with Crippen LogP contribution >= 0.6 is 0 Å². The van der Waals surface area contributed by atoms with Gasteiger partial charge in [-0.05, 0) is 28.5 Å². The standard InChI is InChI=1S/C27H31F3N4O3/c1-25(2,3)19-12-18(13-20(22(19)36)26(4,5)6)21(35)15-34-24(32-23(37)27(28,29)30)31-16-33(34)14-17-10-8-7-9-11-17/h7-13,16,36H,14-15H2,1-6H3/b32-24-. The van der Waals surface area contributed by atoms with Gasteiger partial charge in [0.1, 0.15) is 18.6 Å². The van der Waals surface area contributed by atoms with E-state index in [-0.39, 0.29) is 17.9 Å². The van der Waals surface area contributed by atoms with E-state index in [9.17, 15) is 27.9 Å². The Balaban J connectivity index is 2.13. The maximum absolute atomic E-state index is 13.5. The number of halogens is 3. The maximum atomic E-state index is 13.5. The number of ketones is 1. The predicted octanol–water partition coefficient (Wildman–Crippen LogP) is 4.91. The minimum Gasteiger partial charge on any atom is -0.507 e. The number of aromatic nitrogens is 3. The molecule has 0 unspecified atom stereocenters. The normalized spacial score (nSPS) is 13.2. The van der Waals surface area contributed by atoms with Crippen molar-refractivity contribution in [1.29, 1.82) is 0 Å². The summed E-state index contributed by atoms with van der Waals surface area (Å²) in [5.41, 5.74) is 0.735. The summed E-state index contributed by atoms with van der Waals surface area (Å²) in [7, 11) is 0. The van der Waals surface area contributed by atoms with Crippen molar-refractivity contribution < 1.29 is 27.9 Å². The van der Waals surface area contributed by atoms with Crippen LogP contribution in [0, 0.1) is 0 Å². The number of hydrogen-bond donors (Lipinski definition) is 1. The van der Waals surface area contributed by atoms with E-state index in [1.165, 1.54) is 11.0 Å². The van der Waals surface area contributed by atoms with Crippen LogP contribution in [0.1, 0.15) is 68.6 Å². The average molecular weight is 517 g/mol. The Morgan fingerprint density at radius 2 is 1.49 bits per heavy atom. The lowest BCUT2D eigenvalue weighted by Crippen LogP contribution is -2.32. The van der Waals surface area contributed by atoms with E-state index in [1.54, 1.807) is 24.3 Å². The van der Waals surface area contributed by atoms with E-state index in [4.69, 9.17) is 0 Å². The van der Waals surface area contributed by atoms with Crippen LogP contribution in [0.15, 0.2) is 53.8 Å². The Bertz CT molecular complexity index is 1340. The highest BCUT2D eigenvalue weighted by Gasteiger charge is 2.39. The molecule has 3 rings (SSSR count). The number of Topliss-reactive ketones (excluding diaryl/α,β-unsaturated/α-hetero) is 1. The quantitative estimate of drug-likeness (QED) is 0.488. The number of nitrogens with zero attached hydrogens (tertiary/aromatic N) is 4. The summed E-state index contributed by atoms with van der Waals surface area (Å²) in [4.78, 5) is 32.1. The summed E-state index contributed by atoms with van der Waals surface area (Å²) in [6.07, 6.45) is -3.94. The first-order chi connectivity index (χ1) is 17.0. The van der Waals surface area contributed by atoms with Gasteiger partial charge in [-0.2, -0.15) is 18.2 Å². The number of rotatable bonds is 5. The Morgan fingerprint density at radius 3 is 1.97 bits per heavy atom. The highest BCUT2D eigenvalue weighted by Crippen LogP contribution is 2.39. The van der Waals surface area contributed by atoms with Crippen LogP contribution in [0.5, 0.6) is 5.75 Å². The topological polar surface area (TPSA) is 89.5 Å². The van der Waals surface area contributed by atoms with Crippen molar-refractivity contribution in [3.05, 3.63) is 76.7 Å². The molecule has 198 valence electrons. The fourth-order valence-electron chi connectivity index (χ4n) is 3.83. The van der Waals surface area contributed by atoms with E-state index in [0.29, 0.717) is 11.1 Å². The molecular formula is C27H31F3N4O3. The highest BCUT2D eigenvalue weighted by atomic mass is 19.4. The van der Waals surface area contributed by atoms with Crippen LogP contribution < -0.4 is 5.62 Å². The van der Waals surface area contributed by atoms with Crippen molar-refractivity contribution >= 4 is 11.7 Å². The lowest BCUT2D eigenvalue weighted by molar-refractivity contribution is -0.169. The zero-order chi connectivity index (χ0) is 27.8. The first-order valence-electron chi connectivity index (χ1n) is 11.7. The molecule has 1 N–H and O–H groups in total. The van der Waals surface area contributed by atoms with Crippen molar-refractivity contribution in [2.45, 2.75) is 71.6 Å². The predicted molar refractivity (Wildman–Crippen MR) is 132 cm³/mol. The molecule has 1 amide bonds. The van der Waals surface area contributed by atoms with Gasteiger partial charge in [-0.15, -0.1) is 0 Å². The second kappa shape index (κ2) is 9.99. The molecule has 3 aromatic rings. The van der Waals surface area contributed by atoms with Crippen molar-refractivity contribution in [2.24, 2.45) is 4.99 Å². The van der Waals surface area contributed by atoms with Gasteiger partial charge in [0.25, 0.3) is 0 Å². The summed E-state index contributed by atoms with van der Waals surface area (Å²) in [6.45, 7) is 11.2. The Kier molecular flexibility index (Phi) is 7.53. The molecule has 1 heterocycles. The monoisotopic (exact) mass is 516 g/mol. The first kappa shape index (κ1) is 27.9. The average Bonchev–Trinajstić information content (AvgIpc) is 3.13. The number of benzene rings is 2. The van der Waals surface area contributed by atoms with E-state index in [0.717, 1.165) is 10.2 Å². The molecule has 0 aliphatic heterocycles. The van der Waals surface area contributed by atoms with Crippen molar-refractivity contribution in [2.75, 3.05) is 0 Å². The van der Waals surface area contributed by atoms with Crippen LogP contribution in [-0.4, -0.2) is 37.3 Å². The maximum Gasteiger partial charge on any atom is 0.473 e. The molecular weight excluding hydrogens is 485 g/mol. The van der Waals surface area contributed by atoms with E-state index >= 15 is 0 Å². The minimum absolute atomic E-state index is 0.102. The van der Waals surface area contributed by atoms with Gasteiger partial charge in [0.15, 0.2) is 5.78 Å². The summed E-state index contributed by atoms with van der Waals surface area (Å²) in [6, 6.07) is 12.3. The van der Waals surface area contributed by atoms with Gasteiger partial charge >= 0.3 is 12.1 Å². The third-order valence-corrected chi connectivity index (χ3v) is 5.82. The molecule has 0 saturated heterocycles. The number of carbonyl (C=O) groups excluding carboxylic acids is 2. The summed E-state index contributed by atoms with van der Waals surface area (Å²) < 4.78 is 41.3. The molecule has 7 nitrogen and oxygen atoms in total. The van der Waals surface area contributed by atoms with Gasteiger partial charge in [0, 0.05) is 16.7 Å². The Hall–Kier alpha value is -3.69. The number of phenolic OH excluding ortho intramolecular Hbond substituents is 1. The summed E-state index contributed by atoms with van der Waals surface area (Å²) >= 11 is 0. The molecule has 0 aliphatic rings. The van der Waals surface area contributed by atoms with Gasteiger partial charge < -0.3 is 5.11 Å². The number of alkyl halides is 3. The molecule has 0 saturated carbocycles. The molecule has 10 heteroatoms. The number of hydrogen-bond acceptors (Lipinski definition) is 4. The lowest BCUT2D eigenvalue weighted by atomic mass is 9.78. The number of phenols is 1. The van der Waals surface area contributed by atoms with Crippen molar-refractivity contribution in [3.8, 4) is 5.75 Å². The fraction of sp³-hybridized carbons (Fsp3) is 0.407. The number of carbonyl (C=O) groups is 2. The molecule has 2 aromatic carbocycles. The second-order valence-electron chi connectivity index (χ2n) is 10.9. The third-order valence-electron chi connectivity index (χ3n) is 5.82. The summed E-state index contributed by atoms with van der Waals surface area (Å²) in [5.74, 6) is -2.65. The van der Waals surface area contributed by atoms with E-state index < -0.39 is 40.9 Å². The second-order valence-corrected chi connectivity index (χ2v) is 10.9. The summed E-state index contributed by atoms with van der Waals surface area (Å²) in [5, 5.41) is 11.0. The molecule has 0 fully saturated rings. The molecule has 0 bridgehead atoms. The van der Waals surface area contributed by atoms with Crippen molar-refractivity contribution in [1.82, 2.24) is 14.3 Å². The molecule has 0 aliphatic carbocycles. The molecule has 0 spiro atoms. The SMILES string of the molecule is CC(C)(C)c1cc(C(=O)Cn2/c(=N\C(=O)C(F)(F)F)ncn2Cc2ccccc2)cc(C(C)(C)C)c1O. The zero-order valence-corrected chi connectivity index (χ0v) is 21.7. The van der Waals surface area contributed by atoms with Crippen LogP contribution in [-0.2, 0) is 28.7 Å². The van der Waals surface area contributed by atoms with Gasteiger partial charge in [0.2, 0.25) is 5.62 Å². The van der Waals surface area contributed by atoms with Gasteiger partial charge in [-0.3, -0.25) is 14.3 Å². The lowest BCUT2D eigenvalue weighted by Gasteiger charge is -2.28. The smallest absolute Gasteiger partial charge is 0.473 e. The van der Waals surface area contributed by atoms with Crippen LogP contribution in [0.2, 0.25) is 0 Å². The minimum atomic E-state index is -5.18. The molecule has 0 atom stereocenters. The van der Waals surface area contributed by atoms with Crippen LogP contribution in [0.25, 0.3) is 0 Å². The molecule has 0 radical (unpaired) electrons. The zero-order valence-electron chi connectivity index (χ0n) is 21.7. The number of amides is 1. The molecule has 37 heavy (non-hydrogen) atoms. The first-order valence-corrected chi connectivity index (χ1v) is 11.7. The fourth-order valence-corrected chi connectivity index (χ4v) is 3.83. The van der Waals surface area contributed by atoms with E-state index in [2.05, 4.69) is 9.98 Å². The third kappa shape index (κ3) is 6.55. The van der Waals surface area contributed by atoms with Gasteiger partial charge in [0.05, 0.1) is 6.54 Å². The number of aromatic hydroxyl groups is 1. The molecule has 1 aromatic heterocycles. The Labute approximate surface area is 213 Å². The highest BCUT2D eigenvalue weighted by molar-refractivity contribution is 5.96. The van der Waals surface area contributed by atoms with Crippen LogP contribution in [0.4, 0.5) is 13.2 Å².